The van der Waals surface area contributed by atoms with Crippen molar-refractivity contribution in [3.8, 4) is 0 Å². The van der Waals surface area contributed by atoms with E-state index in [0.717, 1.165) is 18.2 Å². The average Bonchev–Trinajstić information content (AvgIpc) is 3.28. The number of hydrogen-bond acceptors (Lipinski definition) is 3. The lowest BCUT2D eigenvalue weighted by molar-refractivity contribution is 0.673. The first-order valence-electron chi connectivity index (χ1n) is 8.22. The summed E-state index contributed by atoms with van der Waals surface area (Å²) in [5.74, 6) is 0.759. The Morgan fingerprint density at radius 2 is 1.77 bits per heavy atom. The second kappa shape index (κ2) is 9.95. The third-order valence-corrected chi connectivity index (χ3v) is 4.04. The highest BCUT2D eigenvalue weighted by atomic mass is 127. The predicted molar refractivity (Wildman–Crippen MR) is 113 cm³/mol. The van der Waals surface area contributed by atoms with E-state index in [1.54, 1.807) is 19.4 Å². The van der Waals surface area contributed by atoms with E-state index in [2.05, 4.69) is 50.1 Å². The molecule has 1 aromatic carbocycles. The number of benzene rings is 1. The molecule has 2 heterocycles. The van der Waals surface area contributed by atoms with Crippen LogP contribution in [0.15, 0.2) is 60.0 Å². The van der Waals surface area contributed by atoms with Crippen LogP contribution in [0.2, 0.25) is 0 Å². The third-order valence-electron chi connectivity index (χ3n) is 4.04. The van der Waals surface area contributed by atoms with Crippen molar-refractivity contribution in [2.45, 2.75) is 19.6 Å². The molecule has 2 N–H and O–H groups in total. The summed E-state index contributed by atoms with van der Waals surface area (Å²) < 4.78 is 3.77. The SMILES string of the molecule is CN=C(NCc1ccccc1Cn1cccn1)NCc1ccnn1C.I. The Morgan fingerprint density at radius 3 is 2.42 bits per heavy atom. The van der Waals surface area contributed by atoms with Crippen molar-refractivity contribution in [2.75, 3.05) is 7.05 Å². The molecular formula is C18H24IN7. The van der Waals surface area contributed by atoms with Gasteiger partial charge in [0, 0.05) is 39.2 Å². The molecule has 8 heteroatoms. The van der Waals surface area contributed by atoms with Gasteiger partial charge >= 0.3 is 0 Å². The topological polar surface area (TPSA) is 72.1 Å². The zero-order valence-electron chi connectivity index (χ0n) is 15.0. The smallest absolute Gasteiger partial charge is 0.191 e. The molecule has 3 aromatic rings. The monoisotopic (exact) mass is 465 g/mol. The van der Waals surface area contributed by atoms with Crippen LogP contribution in [0.4, 0.5) is 0 Å². The van der Waals surface area contributed by atoms with Crippen molar-refractivity contribution in [1.82, 2.24) is 30.2 Å². The first-order chi connectivity index (χ1) is 12.3. The van der Waals surface area contributed by atoms with Crippen molar-refractivity contribution >= 4 is 29.9 Å². The van der Waals surface area contributed by atoms with Crippen LogP contribution in [-0.4, -0.2) is 32.6 Å². The minimum Gasteiger partial charge on any atom is -0.352 e. The molecule has 138 valence electrons. The van der Waals surface area contributed by atoms with Gasteiger partial charge < -0.3 is 10.6 Å². The third kappa shape index (κ3) is 5.32. The average molecular weight is 465 g/mol. The van der Waals surface area contributed by atoms with E-state index in [-0.39, 0.29) is 24.0 Å². The van der Waals surface area contributed by atoms with Crippen molar-refractivity contribution in [2.24, 2.45) is 12.0 Å². The summed E-state index contributed by atoms with van der Waals surface area (Å²) in [6.07, 6.45) is 5.56. The summed E-state index contributed by atoms with van der Waals surface area (Å²) in [7, 11) is 3.70. The van der Waals surface area contributed by atoms with Crippen molar-refractivity contribution in [1.29, 1.82) is 0 Å². The van der Waals surface area contributed by atoms with Gasteiger partial charge in [-0.15, -0.1) is 24.0 Å². The zero-order chi connectivity index (χ0) is 17.5. The van der Waals surface area contributed by atoms with Gasteiger partial charge in [-0.1, -0.05) is 24.3 Å². The van der Waals surface area contributed by atoms with Gasteiger partial charge in [0.25, 0.3) is 0 Å². The fourth-order valence-electron chi connectivity index (χ4n) is 2.60. The van der Waals surface area contributed by atoms with E-state index < -0.39 is 0 Å². The maximum Gasteiger partial charge on any atom is 0.191 e. The van der Waals surface area contributed by atoms with E-state index >= 15 is 0 Å². The fourth-order valence-corrected chi connectivity index (χ4v) is 2.60. The highest BCUT2D eigenvalue weighted by Gasteiger charge is 2.05. The minimum atomic E-state index is 0. The van der Waals surface area contributed by atoms with Crippen LogP contribution in [0, 0.1) is 0 Å². The summed E-state index contributed by atoms with van der Waals surface area (Å²) in [5, 5.41) is 15.1. The van der Waals surface area contributed by atoms with Crippen LogP contribution in [0.5, 0.6) is 0 Å². The maximum absolute atomic E-state index is 4.28. The van der Waals surface area contributed by atoms with Gasteiger partial charge in [-0.25, -0.2) is 0 Å². The summed E-state index contributed by atoms with van der Waals surface area (Å²) in [6.45, 7) is 2.12. The summed E-state index contributed by atoms with van der Waals surface area (Å²) in [6, 6.07) is 12.3. The molecule has 7 nitrogen and oxygen atoms in total. The number of aryl methyl sites for hydroxylation is 1. The van der Waals surface area contributed by atoms with Crippen LogP contribution < -0.4 is 10.6 Å². The number of guanidine groups is 1. The van der Waals surface area contributed by atoms with E-state index in [0.29, 0.717) is 13.1 Å². The second-order valence-electron chi connectivity index (χ2n) is 5.70. The molecule has 0 amide bonds. The molecule has 0 aliphatic heterocycles. The summed E-state index contributed by atoms with van der Waals surface area (Å²) in [5.41, 5.74) is 3.56. The summed E-state index contributed by atoms with van der Waals surface area (Å²) in [4.78, 5) is 4.28. The Hall–Kier alpha value is -2.36. The van der Waals surface area contributed by atoms with Crippen LogP contribution in [0.25, 0.3) is 0 Å². The Balaban J connectivity index is 0.00000243. The van der Waals surface area contributed by atoms with Gasteiger partial charge in [0.1, 0.15) is 0 Å². The predicted octanol–water partition coefficient (Wildman–Crippen LogP) is 2.15. The van der Waals surface area contributed by atoms with Crippen LogP contribution in [0.3, 0.4) is 0 Å². The molecule has 0 radical (unpaired) electrons. The molecule has 0 bridgehead atoms. The van der Waals surface area contributed by atoms with E-state index in [1.165, 1.54) is 11.1 Å². The standard InChI is InChI=1S/C18H23N7.HI/c1-19-18(21-13-17-8-10-22-24(17)2)20-12-15-6-3-4-7-16(15)14-25-11-5-9-23-25;/h3-11H,12-14H2,1-2H3,(H2,19,20,21);1H. The van der Waals surface area contributed by atoms with E-state index in [4.69, 9.17) is 0 Å². The number of aromatic nitrogens is 4. The van der Waals surface area contributed by atoms with Crippen molar-refractivity contribution in [3.05, 3.63) is 71.8 Å². The maximum atomic E-state index is 4.28. The number of halogens is 1. The fraction of sp³-hybridized carbons (Fsp3) is 0.278. The number of nitrogens with one attached hydrogen (secondary N) is 2. The quantitative estimate of drug-likeness (QED) is 0.333. The first kappa shape index (κ1) is 20.0. The van der Waals surface area contributed by atoms with E-state index in [9.17, 15) is 0 Å². The Kier molecular flexibility index (Phi) is 7.64. The molecule has 3 rings (SSSR count). The lowest BCUT2D eigenvalue weighted by Crippen LogP contribution is -2.37. The Morgan fingerprint density at radius 1 is 1.00 bits per heavy atom. The zero-order valence-corrected chi connectivity index (χ0v) is 17.3. The first-order valence-corrected chi connectivity index (χ1v) is 8.22. The normalized spacial score (nSPS) is 11.1. The van der Waals surface area contributed by atoms with E-state index in [1.807, 2.05) is 34.7 Å². The molecule has 0 spiro atoms. The van der Waals surface area contributed by atoms with Crippen LogP contribution in [-0.2, 0) is 26.7 Å². The number of hydrogen-bond donors (Lipinski definition) is 2. The molecule has 0 unspecified atom stereocenters. The van der Waals surface area contributed by atoms with Crippen LogP contribution >= 0.6 is 24.0 Å². The largest absolute Gasteiger partial charge is 0.352 e. The second-order valence-corrected chi connectivity index (χ2v) is 5.70. The van der Waals surface area contributed by atoms with Gasteiger partial charge in [0.05, 0.1) is 18.8 Å². The van der Waals surface area contributed by atoms with Gasteiger partial charge in [-0.05, 0) is 23.3 Å². The van der Waals surface area contributed by atoms with Crippen molar-refractivity contribution < 1.29 is 0 Å². The van der Waals surface area contributed by atoms with Gasteiger partial charge in [-0.3, -0.25) is 14.4 Å². The molecule has 0 atom stereocenters. The molecule has 0 saturated carbocycles. The van der Waals surface area contributed by atoms with Crippen molar-refractivity contribution in [3.63, 3.8) is 0 Å². The lowest BCUT2D eigenvalue weighted by atomic mass is 10.1. The number of nitrogens with zero attached hydrogens (tertiary/aromatic N) is 5. The lowest BCUT2D eigenvalue weighted by Gasteiger charge is -2.14. The molecule has 0 aliphatic rings. The summed E-state index contributed by atoms with van der Waals surface area (Å²) >= 11 is 0. The molecule has 2 aromatic heterocycles. The van der Waals surface area contributed by atoms with Gasteiger partial charge in [0.2, 0.25) is 0 Å². The Bertz CT molecular complexity index is 824. The minimum absolute atomic E-state index is 0. The van der Waals surface area contributed by atoms with Gasteiger partial charge in [0.15, 0.2) is 5.96 Å². The molecule has 26 heavy (non-hydrogen) atoms. The molecular weight excluding hydrogens is 441 g/mol. The highest BCUT2D eigenvalue weighted by Crippen LogP contribution is 2.10. The number of rotatable bonds is 6. The molecule has 0 fully saturated rings. The highest BCUT2D eigenvalue weighted by molar-refractivity contribution is 14.0. The molecule has 0 aliphatic carbocycles. The van der Waals surface area contributed by atoms with Crippen LogP contribution in [0.1, 0.15) is 16.8 Å². The molecule has 0 saturated heterocycles. The Labute approximate surface area is 170 Å². The number of aliphatic imine (C=N–C) groups is 1. The van der Waals surface area contributed by atoms with Gasteiger partial charge in [-0.2, -0.15) is 10.2 Å².